The molecule has 0 unspecified atom stereocenters. The largest absolute Gasteiger partial charge is 0.379 e. The molecule has 1 aliphatic carbocycles. The van der Waals surface area contributed by atoms with Crippen LogP contribution in [0.5, 0.6) is 0 Å². The number of rotatable bonds is 7. The van der Waals surface area contributed by atoms with Crippen molar-refractivity contribution in [1.82, 2.24) is 14.5 Å². The number of benzene rings is 1. The molecule has 2 fully saturated rings. The summed E-state index contributed by atoms with van der Waals surface area (Å²) in [5.41, 5.74) is 4.42. The van der Waals surface area contributed by atoms with Crippen LogP contribution >= 0.6 is 11.8 Å². The van der Waals surface area contributed by atoms with Gasteiger partial charge in [-0.25, -0.2) is 4.98 Å². The molecule has 2 heterocycles. The number of ether oxygens (including phenoxy) is 1. The van der Waals surface area contributed by atoms with E-state index in [0.717, 1.165) is 49.4 Å². The van der Waals surface area contributed by atoms with E-state index in [-0.39, 0.29) is 5.91 Å². The van der Waals surface area contributed by atoms with E-state index >= 15 is 0 Å². The third-order valence-electron chi connectivity index (χ3n) is 6.37. The molecule has 2 aliphatic rings. The van der Waals surface area contributed by atoms with E-state index in [1.54, 1.807) is 11.8 Å². The Morgan fingerprint density at radius 1 is 1.13 bits per heavy atom. The summed E-state index contributed by atoms with van der Waals surface area (Å²) in [7, 11) is 0. The van der Waals surface area contributed by atoms with Crippen molar-refractivity contribution in [2.24, 2.45) is 0 Å². The van der Waals surface area contributed by atoms with Crippen LogP contribution in [0.3, 0.4) is 0 Å². The lowest BCUT2D eigenvalue weighted by Crippen LogP contribution is -2.35. The second-order valence-electron chi connectivity index (χ2n) is 8.65. The molecule has 1 aromatic heterocycles. The van der Waals surface area contributed by atoms with E-state index in [0.29, 0.717) is 11.8 Å². The van der Waals surface area contributed by atoms with Crippen molar-refractivity contribution >= 4 is 23.4 Å². The Kier molecular flexibility index (Phi) is 7.69. The summed E-state index contributed by atoms with van der Waals surface area (Å²) in [5, 5.41) is 4.02. The first-order valence-corrected chi connectivity index (χ1v) is 12.5. The predicted octanol–water partition coefficient (Wildman–Crippen LogP) is 4.57. The van der Waals surface area contributed by atoms with Crippen molar-refractivity contribution in [1.29, 1.82) is 0 Å². The number of thioether (sulfide) groups is 1. The maximum atomic E-state index is 12.6. The summed E-state index contributed by atoms with van der Waals surface area (Å²) in [6, 6.07) is 8.71. The Morgan fingerprint density at radius 3 is 2.55 bits per heavy atom. The second kappa shape index (κ2) is 10.7. The summed E-state index contributed by atoms with van der Waals surface area (Å²) < 4.78 is 7.79. The van der Waals surface area contributed by atoms with Gasteiger partial charge in [-0.3, -0.25) is 9.69 Å². The van der Waals surface area contributed by atoms with Crippen LogP contribution in [0.1, 0.15) is 55.1 Å². The lowest BCUT2D eigenvalue weighted by Gasteiger charge is -2.26. The third kappa shape index (κ3) is 5.90. The standard InChI is InChI=1S/C24H34N4O2S/c1-18-19(2)28(22-6-4-3-5-7-22)24(25-18)31-17-23(29)26-21-10-8-20(9-11-21)16-27-12-14-30-15-13-27/h8-11,22H,3-7,12-17H2,1-2H3,(H,26,29). The molecule has 0 radical (unpaired) electrons. The van der Waals surface area contributed by atoms with E-state index in [9.17, 15) is 4.79 Å². The third-order valence-corrected chi connectivity index (χ3v) is 7.33. The van der Waals surface area contributed by atoms with Gasteiger partial charge in [0.25, 0.3) is 0 Å². The van der Waals surface area contributed by atoms with E-state index in [1.165, 1.54) is 43.4 Å². The number of aryl methyl sites for hydroxylation is 1. The SMILES string of the molecule is Cc1nc(SCC(=O)Nc2ccc(CN3CCOCC3)cc2)n(C2CCCCC2)c1C. The van der Waals surface area contributed by atoms with Crippen LogP contribution in [0.4, 0.5) is 5.69 Å². The molecule has 31 heavy (non-hydrogen) atoms. The minimum Gasteiger partial charge on any atom is -0.379 e. The molecule has 0 spiro atoms. The minimum atomic E-state index is 0.0134. The number of carbonyl (C=O) groups is 1. The zero-order valence-corrected chi connectivity index (χ0v) is 19.5. The number of nitrogens with one attached hydrogen (secondary N) is 1. The zero-order valence-electron chi connectivity index (χ0n) is 18.7. The number of imidazole rings is 1. The number of anilines is 1. The van der Waals surface area contributed by atoms with Gasteiger partial charge in [-0.05, 0) is 44.4 Å². The first kappa shape index (κ1) is 22.4. The number of aromatic nitrogens is 2. The van der Waals surface area contributed by atoms with Gasteiger partial charge in [0.2, 0.25) is 5.91 Å². The molecule has 6 nitrogen and oxygen atoms in total. The average molecular weight is 443 g/mol. The quantitative estimate of drug-likeness (QED) is 0.637. The molecule has 1 N–H and O–H groups in total. The molecule has 1 aliphatic heterocycles. The van der Waals surface area contributed by atoms with E-state index in [1.807, 2.05) is 12.1 Å². The highest BCUT2D eigenvalue weighted by Crippen LogP contribution is 2.34. The molecule has 4 rings (SSSR count). The minimum absolute atomic E-state index is 0.0134. The molecule has 2 aromatic rings. The van der Waals surface area contributed by atoms with Gasteiger partial charge in [0.1, 0.15) is 0 Å². The Labute approximate surface area is 189 Å². The Morgan fingerprint density at radius 2 is 1.84 bits per heavy atom. The number of morpholine rings is 1. The monoisotopic (exact) mass is 442 g/mol. The molecule has 1 amide bonds. The van der Waals surface area contributed by atoms with Crippen molar-refractivity contribution in [2.45, 2.75) is 63.7 Å². The number of hydrogen-bond donors (Lipinski definition) is 1. The molecule has 1 saturated heterocycles. The second-order valence-corrected chi connectivity index (χ2v) is 9.59. The van der Waals surface area contributed by atoms with E-state index in [2.05, 4.69) is 40.8 Å². The molecule has 0 bridgehead atoms. The van der Waals surface area contributed by atoms with Gasteiger partial charge in [-0.2, -0.15) is 0 Å². The maximum absolute atomic E-state index is 12.6. The van der Waals surface area contributed by atoms with Crippen LogP contribution in [-0.2, 0) is 16.1 Å². The summed E-state index contributed by atoms with van der Waals surface area (Å²) in [6.45, 7) is 8.72. The van der Waals surface area contributed by atoms with Crippen LogP contribution in [0.15, 0.2) is 29.4 Å². The molecule has 0 atom stereocenters. The molecule has 1 aromatic carbocycles. The number of nitrogens with zero attached hydrogens (tertiary/aromatic N) is 3. The van der Waals surface area contributed by atoms with Gasteiger partial charge < -0.3 is 14.6 Å². The van der Waals surface area contributed by atoms with Crippen LogP contribution in [0, 0.1) is 13.8 Å². The number of carbonyl (C=O) groups excluding carboxylic acids is 1. The lowest BCUT2D eigenvalue weighted by molar-refractivity contribution is -0.113. The molecule has 7 heteroatoms. The highest BCUT2D eigenvalue weighted by molar-refractivity contribution is 7.99. The van der Waals surface area contributed by atoms with Crippen LogP contribution in [0.2, 0.25) is 0 Å². The Bertz CT molecular complexity index is 868. The van der Waals surface area contributed by atoms with Crippen molar-refractivity contribution in [3.05, 3.63) is 41.2 Å². The first-order valence-electron chi connectivity index (χ1n) is 11.5. The summed E-state index contributed by atoms with van der Waals surface area (Å²) in [5.74, 6) is 0.387. The van der Waals surface area contributed by atoms with E-state index in [4.69, 9.17) is 9.72 Å². The number of hydrogen-bond acceptors (Lipinski definition) is 5. The normalized spacial score (nSPS) is 18.3. The fraction of sp³-hybridized carbons (Fsp3) is 0.583. The van der Waals surface area contributed by atoms with Crippen molar-refractivity contribution in [3.8, 4) is 0 Å². The van der Waals surface area contributed by atoms with Gasteiger partial charge in [-0.15, -0.1) is 0 Å². The summed E-state index contributed by atoms with van der Waals surface area (Å²) >= 11 is 1.55. The predicted molar refractivity (Wildman–Crippen MR) is 126 cm³/mol. The van der Waals surface area contributed by atoms with Gasteiger partial charge >= 0.3 is 0 Å². The number of amides is 1. The van der Waals surface area contributed by atoms with Crippen molar-refractivity contribution < 1.29 is 9.53 Å². The topological polar surface area (TPSA) is 59.4 Å². The van der Waals surface area contributed by atoms with Crippen molar-refractivity contribution in [3.63, 3.8) is 0 Å². The molecular weight excluding hydrogens is 408 g/mol. The highest BCUT2D eigenvalue weighted by atomic mass is 32.2. The average Bonchev–Trinajstić information content (AvgIpc) is 3.08. The van der Waals surface area contributed by atoms with Gasteiger partial charge in [0.15, 0.2) is 5.16 Å². The fourth-order valence-electron chi connectivity index (χ4n) is 4.51. The summed E-state index contributed by atoms with van der Waals surface area (Å²) in [6.07, 6.45) is 6.33. The van der Waals surface area contributed by atoms with Crippen LogP contribution in [0.25, 0.3) is 0 Å². The van der Waals surface area contributed by atoms with Gasteiger partial charge in [0.05, 0.1) is 24.7 Å². The lowest BCUT2D eigenvalue weighted by atomic mass is 9.95. The first-order chi connectivity index (χ1) is 15.1. The molecule has 1 saturated carbocycles. The highest BCUT2D eigenvalue weighted by Gasteiger charge is 2.22. The van der Waals surface area contributed by atoms with Crippen LogP contribution < -0.4 is 5.32 Å². The van der Waals surface area contributed by atoms with E-state index < -0.39 is 0 Å². The van der Waals surface area contributed by atoms with Gasteiger partial charge in [0, 0.05) is 37.1 Å². The molecular formula is C24H34N4O2S. The maximum Gasteiger partial charge on any atom is 0.234 e. The molecule has 168 valence electrons. The Hall–Kier alpha value is -1.83. The van der Waals surface area contributed by atoms with Gasteiger partial charge in [-0.1, -0.05) is 43.2 Å². The summed E-state index contributed by atoms with van der Waals surface area (Å²) in [4.78, 5) is 19.7. The van der Waals surface area contributed by atoms with Crippen LogP contribution in [-0.4, -0.2) is 52.4 Å². The Balaban J connectivity index is 1.31. The smallest absolute Gasteiger partial charge is 0.234 e. The zero-order chi connectivity index (χ0) is 21.6. The fourth-order valence-corrected chi connectivity index (χ4v) is 5.46. The van der Waals surface area contributed by atoms with Crippen molar-refractivity contribution in [2.75, 3.05) is 37.4 Å².